The number of likely N-dealkylation sites (tertiary alicyclic amines) is 1. The molecule has 0 atom stereocenters. The van der Waals surface area contributed by atoms with Gasteiger partial charge in [0, 0.05) is 49.8 Å². The maximum atomic E-state index is 12.9. The smallest absolute Gasteiger partial charge is 0.349 e. The molecule has 1 aliphatic rings. The number of pyridine rings is 1. The Balaban J connectivity index is 1.32. The van der Waals surface area contributed by atoms with Crippen molar-refractivity contribution in [2.24, 2.45) is 0 Å². The lowest BCUT2D eigenvalue weighted by molar-refractivity contribution is -0.137. The number of rotatable bonds is 5. The van der Waals surface area contributed by atoms with Gasteiger partial charge in [-0.2, -0.15) is 13.2 Å². The summed E-state index contributed by atoms with van der Waals surface area (Å²) in [6.45, 7) is 2.49. The van der Waals surface area contributed by atoms with Gasteiger partial charge in [-0.25, -0.2) is 9.97 Å². The lowest BCUT2D eigenvalue weighted by Crippen LogP contribution is -2.44. The van der Waals surface area contributed by atoms with E-state index in [-0.39, 0.29) is 28.9 Å². The number of nitrogens with one attached hydrogen (secondary N) is 1. The van der Waals surface area contributed by atoms with Crippen LogP contribution in [-0.4, -0.2) is 44.9 Å². The van der Waals surface area contributed by atoms with Gasteiger partial charge in [0.05, 0.1) is 16.8 Å². The van der Waals surface area contributed by atoms with Crippen LogP contribution in [0.25, 0.3) is 11.4 Å². The van der Waals surface area contributed by atoms with Gasteiger partial charge in [0.2, 0.25) is 0 Å². The van der Waals surface area contributed by atoms with Crippen LogP contribution in [0.15, 0.2) is 61.1 Å². The third-order valence-corrected chi connectivity index (χ3v) is 5.40. The van der Waals surface area contributed by atoms with Gasteiger partial charge in [-0.3, -0.25) is 14.7 Å². The number of benzene rings is 1. The first kappa shape index (κ1) is 21.9. The van der Waals surface area contributed by atoms with Gasteiger partial charge < -0.3 is 5.32 Å². The van der Waals surface area contributed by atoms with Crippen molar-refractivity contribution in [3.8, 4) is 11.4 Å². The highest BCUT2D eigenvalue weighted by Gasteiger charge is 2.30. The molecule has 6 nitrogen and oxygen atoms in total. The highest BCUT2D eigenvalue weighted by atomic mass is 19.4. The number of amides is 1. The van der Waals surface area contributed by atoms with Crippen LogP contribution in [0.5, 0.6) is 0 Å². The molecule has 1 saturated heterocycles. The van der Waals surface area contributed by atoms with Crippen LogP contribution in [0.3, 0.4) is 0 Å². The number of carbonyl (C=O) groups is 1. The Morgan fingerprint density at radius 3 is 2.44 bits per heavy atom. The van der Waals surface area contributed by atoms with Crippen molar-refractivity contribution >= 4 is 5.91 Å². The molecule has 0 spiro atoms. The average molecular weight is 441 g/mol. The summed E-state index contributed by atoms with van der Waals surface area (Å²) >= 11 is 0. The summed E-state index contributed by atoms with van der Waals surface area (Å²) in [4.78, 5) is 27.4. The van der Waals surface area contributed by atoms with Gasteiger partial charge in [0.25, 0.3) is 5.91 Å². The second kappa shape index (κ2) is 9.44. The fraction of sp³-hybridized carbons (Fsp3) is 0.304. The predicted octanol–water partition coefficient (Wildman–Crippen LogP) is 3.95. The van der Waals surface area contributed by atoms with Crippen molar-refractivity contribution < 1.29 is 18.0 Å². The summed E-state index contributed by atoms with van der Waals surface area (Å²) < 4.78 is 38.7. The van der Waals surface area contributed by atoms with E-state index in [4.69, 9.17) is 0 Å². The van der Waals surface area contributed by atoms with Crippen LogP contribution in [0.4, 0.5) is 13.2 Å². The number of carbonyl (C=O) groups excluding carboxylic acids is 1. The Morgan fingerprint density at radius 2 is 1.78 bits per heavy atom. The van der Waals surface area contributed by atoms with Crippen molar-refractivity contribution in [3.05, 3.63) is 77.9 Å². The van der Waals surface area contributed by atoms with E-state index in [1.165, 1.54) is 24.5 Å². The van der Waals surface area contributed by atoms with Gasteiger partial charge in [-0.05, 0) is 37.1 Å². The van der Waals surface area contributed by atoms with Crippen molar-refractivity contribution in [2.45, 2.75) is 31.6 Å². The van der Waals surface area contributed by atoms with Crippen LogP contribution in [-0.2, 0) is 12.7 Å². The van der Waals surface area contributed by atoms with Gasteiger partial charge in [-0.1, -0.05) is 18.2 Å². The summed E-state index contributed by atoms with van der Waals surface area (Å²) in [5.74, 6) is -0.153. The summed E-state index contributed by atoms with van der Waals surface area (Å²) in [6, 6.07) is 10.7. The zero-order valence-electron chi connectivity index (χ0n) is 17.2. The van der Waals surface area contributed by atoms with Crippen LogP contribution in [0, 0.1) is 0 Å². The molecule has 1 amide bonds. The monoisotopic (exact) mass is 441 g/mol. The van der Waals surface area contributed by atoms with E-state index in [0.29, 0.717) is 0 Å². The molecular weight excluding hydrogens is 419 g/mol. The minimum absolute atomic E-state index is 0.0469. The lowest BCUT2D eigenvalue weighted by Gasteiger charge is -2.32. The first-order chi connectivity index (χ1) is 15.4. The van der Waals surface area contributed by atoms with Crippen molar-refractivity contribution in [1.82, 2.24) is 25.2 Å². The minimum atomic E-state index is -4.44. The van der Waals surface area contributed by atoms with E-state index in [0.717, 1.165) is 50.3 Å². The number of alkyl halides is 3. The van der Waals surface area contributed by atoms with E-state index >= 15 is 0 Å². The molecule has 3 aromatic rings. The second-order valence-corrected chi connectivity index (χ2v) is 7.72. The van der Waals surface area contributed by atoms with Crippen molar-refractivity contribution in [2.75, 3.05) is 13.1 Å². The molecule has 32 heavy (non-hydrogen) atoms. The van der Waals surface area contributed by atoms with Gasteiger partial charge in [0.15, 0.2) is 5.82 Å². The lowest BCUT2D eigenvalue weighted by atomic mass is 10.0. The number of halogens is 3. The minimum Gasteiger partial charge on any atom is -0.349 e. The highest BCUT2D eigenvalue weighted by molar-refractivity contribution is 5.93. The molecular formula is C23H22F3N5O. The van der Waals surface area contributed by atoms with Crippen LogP contribution < -0.4 is 5.32 Å². The molecule has 1 N–H and O–H groups in total. The highest BCUT2D eigenvalue weighted by Crippen LogP contribution is 2.31. The fourth-order valence-electron chi connectivity index (χ4n) is 3.65. The molecule has 0 radical (unpaired) electrons. The Labute approximate surface area is 183 Å². The van der Waals surface area contributed by atoms with Gasteiger partial charge in [0.1, 0.15) is 0 Å². The second-order valence-electron chi connectivity index (χ2n) is 7.72. The number of hydrogen-bond donors (Lipinski definition) is 1. The van der Waals surface area contributed by atoms with E-state index < -0.39 is 11.7 Å². The molecule has 1 aromatic carbocycles. The molecule has 3 heterocycles. The zero-order chi connectivity index (χ0) is 22.6. The molecule has 166 valence electrons. The Morgan fingerprint density at radius 1 is 1.03 bits per heavy atom. The number of piperidine rings is 1. The molecule has 0 unspecified atom stereocenters. The van der Waals surface area contributed by atoms with E-state index in [9.17, 15) is 18.0 Å². The average Bonchev–Trinajstić information content (AvgIpc) is 2.81. The van der Waals surface area contributed by atoms with Crippen molar-refractivity contribution in [3.63, 3.8) is 0 Å². The maximum Gasteiger partial charge on any atom is 0.416 e. The quantitative estimate of drug-likeness (QED) is 0.649. The van der Waals surface area contributed by atoms with Gasteiger partial charge in [-0.15, -0.1) is 0 Å². The third-order valence-electron chi connectivity index (χ3n) is 5.40. The van der Waals surface area contributed by atoms with Crippen molar-refractivity contribution in [1.29, 1.82) is 0 Å². The van der Waals surface area contributed by atoms with Crippen LogP contribution in [0.1, 0.15) is 34.5 Å². The predicted molar refractivity (Wildman–Crippen MR) is 112 cm³/mol. The summed E-state index contributed by atoms with van der Waals surface area (Å²) in [6.07, 6.45) is 1.66. The van der Waals surface area contributed by atoms with E-state index in [1.54, 1.807) is 6.20 Å². The third kappa shape index (κ3) is 5.47. The largest absolute Gasteiger partial charge is 0.416 e. The zero-order valence-corrected chi connectivity index (χ0v) is 17.2. The Bertz CT molecular complexity index is 1050. The standard InChI is InChI=1S/C23H22F3N5O/c24-23(25,26)18-5-3-4-16(12-18)21-28-13-17(14-29-21)22(32)30-19-7-10-31(11-8-19)15-20-6-1-2-9-27-20/h1-6,9,12-14,19H,7-8,10-11,15H2,(H,30,32). The first-order valence-electron chi connectivity index (χ1n) is 10.3. The number of aromatic nitrogens is 3. The van der Waals surface area contributed by atoms with E-state index in [2.05, 4.69) is 25.2 Å². The van der Waals surface area contributed by atoms with E-state index in [1.807, 2.05) is 18.2 Å². The number of hydrogen-bond acceptors (Lipinski definition) is 5. The topological polar surface area (TPSA) is 71.0 Å². The fourth-order valence-corrected chi connectivity index (χ4v) is 3.65. The molecule has 0 aliphatic carbocycles. The van der Waals surface area contributed by atoms with Crippen LogP contribution >= 0.6 is 0 Å². The van der Waals surface area contributed by atoms with Crippen LogP contribution in [0.2, 0.25) is 0 Å². The maximum absolute atomic E-state index is 12.9. The molecule has 2 aromatic heterocycles. The molecule has 0 bridgehead atoms. The summed E-state index contributed by atoms with van der Waals surface area (Å²) in [7, 11) is 0. The van der Waals surface area contributed by atoms with Gasteiger partial charge >= 0.3 is 6.18 Å². The normalized spacial score (nSPS) is 15.5. The first-order valence-corrected chi connectivity index (χ1v) is 10.3. The molecule has 1 fully saturated rings. The summed E-state index contributed by atoms with van der Waals surface area (Å²) in [5, 5.41) is 3.00. The molecule has 0 saturated carbocycles. The number of nitrogens with zero attached hydrogens (tertiary/aromatic N) is 4. The molecule has 4 rings (SSSR count). The SMILES string of the molecule is O=C(NC1CCN(Cc2ccccn2)CC1)c1cnc(-c2cccc(C(F)(F)F)c2)nc1. The molecule has 1 aliphatic heterocycles. The summed E-state index contributed by atoms with van der Waals surface area (Å²) in [5.41, 5.74) is 0.770. The Hall–Kier alpha value is -3.33. The Kier molecular flexibility index (Phi) is 6.45. The molecule has 9 heteroatoms.